The van der Waals surface area contributed by atoms with Crippen LogP contribution in [-0.2, 0) is 9.47 Å². The molecule has 0 spiro atoms. The van der Waals surface area contributed by atoms with E-state index in [1.165, 1.54) is 0 Å². The number of hydrogen-bond acceptors (Lipinski definition) is 2. The maximum atomic E-state index is 11.9. The van der Waals surface area contributed by atoms with Gasteiger partial charge in [0.25, 0.3) is 0 Å². The maximum Gasteiger partial charge on any atom is 0.485 e. The number of hydrogen-bond donors (Lipinski definition) is 0. The zero-order chi connectivity index (χ0) is 6.91. The lowest BCUT2D eigenvalue weighted by molar-refractivity contribution is -0.419. The summed E-state index contributed by atoms with van der Waals surface area (Å²) in [6.07, 6.45) is -3.34. The van der Waals surface area contributed by atoms with Crippen LogP contribution in [0.4, 0.5) is 8.78 Å². The number of alkyl halides is 2. The average Bonchev–Trinajstić information content (AvgIpc) is 1.78. The van der Waals surface area contributed by atoms with Gasteiger partial charge in [-0.05, 0) is 0 Å². The molecule has 9 heavy (non-hydrogen) atoms. The smallest absolute Gasteiger partial charge is 0.295 e. The topological polar surface area (TPSA) is 18.5 Å². The van der Waals surface area contributed by atoms with Crippen LogP contribution in [-0.4, -0.2) is 19.5 Å². The third kappa shape index (κ3) is 1.87. The van der Waals surface area contributed by atoms with Crippen LogP contribution in [0, 0.1) is 5.92 Å². The van der Waals surface area contributed by atoms with Gasteiger partial charge in [-0.25, -0.2) is 0 Å². The summed E-state index contributed by atoms with van der Waals surface area (Å²) in [4.78, 5) is 0. The SMILES string of the molecule is CC1COC(F)(F)OC1. The molecular formula is C5H8F2O2. The molecule has 0 aromatic heterocycles. The fourth-order valence-corrected chi connectivity index (χ4v) is 0.568. The van der Waals surface area contributed by atoms with Crippen molar-refractivity contribution in [2.75, 3.05) is 13.2 Å². The highest BCUT2D eigenvalue weighted by Crippen LogP contribution is 2.23. The second kappa shape index (κ2) is 2.19. The minimum atomic E-state index is -3.34. The van der Waals surface area contributed by atoms with Gasteiger partial charge < -0.3 is 0 Å². The molecule has 2 nitrogen and oxygen atoms in total. The van der Waals surface area contributed by atoms with Gasteiger partial charge in [0.1, 0.15) is 0 Å². The molecule has 1 aliphatic heterocycles. The van der Waals surface area contributed by atoms with Crippen molar-refractivity contribution in [1.82, 2.24) is 0 Å². The second-order valence-electron chi connectivity index (χ2n) is 2.19. The molecule has 1 rings (SSSR count). The molecule has 0 unspecified atom stereocenters. The van der Waals surface area contributed by atoms with Gasteiger partial charge in [-0.2, -0.15) is 0 Å². The largest absolute Gasteiger partial charge is 0.485 e. The molecule has 0 saturated carbocycles. The number of halogens is 2. The predicted octanol–water partition coefficient (Wildman–Crippen LogP) is 1.22. The van der Waals surface area contributed by atoms with Crippen molar-refractivity contribution in [3.05, 3.63) is 0 Å². The summed E-state index contributed by atoms with van der Waals surface area (Å²) in [6, 6.07) is 0. The van der Waals surface area contributed by atoms with Crippen LogP contribution in [0.15, 0.2) is 0 Å². The summed E-state index contributed by atoms with van der Waals surface area (Å²) in [6.45, 7) is 1.94. The summed E-state index contributed by atoms with van der Waals surface area (Å²) in [5.74, 6) is 0.0737. The van der Waals surface area contributed by atoms with E-state index in [0.29, 0.717) is 0 Å². The zero-order valence-electron chi connectivity index (χ0n) is 5.06. The van der Waals surface area contributed by atoms with Gasteiger partial charge in [0.15, 0.2) is 0 Å². The van der Waals surface area contributed by atoms with Crippen LogP contribution >= 0.6 is 0 Å². The van der Waals surface area contributed by atoms with Crippen molar-refractivity contribution in [2.45, 2.75) is 13.2 Å². The van der Waals surface area contributed by atoms with Crippen LogP contribution in [0.3, 0.4) is 0 Å². The predicted molar refractivity (Wildman–Crippen MR) is 26.0 cm³/mol. The maximum absolute atomic E-state index is 11.9. The molecule has 0 atom stereocenters. The van der Waals surface area contributed by atoms with Crippen molar-refractivity contribution in [1.29, 1.82) is 0 Å². The summed E-state index contributed by atoms with van der Waals surface area (Å²) in [7, 11) is 0. The molecule has 0 aromatic carbocycles. The highest BCUT2D eigenvalue weighted by atomic mass is 19.3. The minimum absolute atomic E-state index is 0.0737. The van der Waals surface area contributed by atoms with Gasteiger partial charge >= 0.3 is 6.29 Å². The Balaban J connectivity index is 2.35. The minimum Gasteiger partial charge on any atom is -0.295 e. The first-order chi connectivity index (χ1) is 4.10. The van der Waals surface area contributed by atoms with E-state index in [0.717, 1.165) is 0 Å². The van der Waals surface area contributed by atoms with E-state index in [1.54, 1.807) is 6.92 Å². The highest BCUT2D eigenvalue weighted by molar-refractivity contribution is 4.54. The van der Waals surface area contributed by atoms with Crippen molar-refractivity contribution < 1.29 is 18.3 Å². The van der Waals surface area contributed by atoms with E-state index in [-0.39, 0.29) is 19.1 Å². The van der Waals surface area contributed by atoms with E-state index < -0.39 is 6.29 Å². The molecule has 1 aliphatic rings. The Morgan fingerprint density at radius 1 is 1.33 bits per heavy atom. The lowest BCUT2D eigenvalue weighted by Crippen LogP contribution is -2.35. The average molecular weight is 138 g/mol. The first-order valence-corrected chi connectivity index (χ1v) is 2.76. The van der Waals surface area contributed by atoms with Crippen LogP contribution in [0.1, 0.15) is 6.92 Å². The van der Waals surface area contributed by atoms with Crippen molar-refractivity contribution in [3.8, 4) is 0 Å². The highest BCUT2D eigenvalue weighted by Gasteiger charge is 2.36. The first-order valence-electron chi connectivity index (χ1n) is 2.76. The van der Waals surface area contributed by atoms with E-state index in [4.69, 9.17) is 0 Å². The quantitative estimate of drug-likeness (QED) is 0.501. The van der Waals surface area contributed by atoms with E-state index in [9.17, 15) is 8.78 Å². The molecule has 0 amide bonds. The fourth-order valence-electron chi connectivity index (χ4n) is 0.568. The van der Waals surface area contributed by atoms with E-state index >= 15 is 0 Å². The monoisotopic (exact) mass is 138 g/mol. The summed E-state index contributed by atoms with van der Waals surface area (Å²) < 4.78 is 31.9. The molecule has 0 aromatic rings. The van der Waals surface area contributed by atoms with Crippen LogP contribution in [0.25, 0.3) is 0 Å². The molecule has 1 saturated heterocycles. The molecule has 54 valence electrons. The molecule has 0 bridgehead atoms. The van der Waals surface area contributed by atoms with Crippen LogP contribution in [0.5, 0.6) is 0 Å². The third-order valence-corrected chi connectivity index (χ3v) is 1.07. The Hall–Kier alpha value is -0.220. The molecule has 1 fully saturated rings. The molecule has 0 aliphatic carbocycles. The Bertz CT molecular complexity index is 95.1. The number of ether oxygens (including phenoxy) is 2. The standard InChI is InChI=1S/C5H8F2O2/c1-4-2-8-5(6,7)9-3-4/h4H,2-3H2,1H3. The zero-order valence-corrected chi connectivity index (χ0v) is 5.06. The lowest BCUT2D eigenvalue weighted by Gasteiger charge is -2.25. The van der Waals surface area contributed by atoms with Crippen molar-refractivity contribution in [3.63, 3.8) is 0 Å². The Labute approximate surface area is 51.8 Å². The van der Waals surface area contributed by atoms with Gasteiger partial charge in [0.2, 0.25) is 0 Å². The summed E-state index contributed by atoms with van der Waals surface area (Å²) >= 11 is 0. The van der Waals surface area contributed by atoms with Gasteiger partial charge in [0.05, 0.1) is 13.2 Å². The summed E-state index contributed by atoms with van der Waals surface area (Å²) in [5, 5.41) is 0. The summed E-state index contributed by atoms with van der Waals surface area (Å²) in [5.41, 5.74) is 0. The first kappa shape index (κ1) is 6.89. The van der Waals surface area contributed by atoms with Crippen molar-refractivity contribution in [2.24, 2.45) is 5.92 Å². The second-order valence-corrected chi connectivity index (χ2v) is 2.19. The molecule has 0 N–H and O–H groups in total. The molecule has 0 radical (unpaired) electrons. The van der Waals surface area contributed by atoms with Crippen LogP contribution in [0.2, 0.25) is 0 Å². The van der Waals surface area contributed by atoms with E-state index in [2.05, 4.69) is 9.47 Å². The Kier molecular flexibility index (Phi) is 1.68. The molecule has 1 heterocycles. The Morgan fingerprint density at radius 2 is 1.78 bits per heavy atom. The van der Waals surface area contributed by atoms with Gasteiger partial charge in [0, 0.05) is 5.92 Å². The fraction of sp³-hybridized carbons (Fsp3) is 1.00. The van der Waals surface area contributed by atoms with Gasteiger partial charge in [-0.3, -0.25) is 9.47 Å². The number of rotatable bonds is 0. The van der Waals surface area contributed by atoms with Gasteiger partial charge in [-0.15, -0.1) is 8.78 Å². The van der Waals surface area contributed by atoms with E-state index in [1.807, 2.05) is 0 Å². The normalized spacial score (nSPS) is 28.3. The lowest BCUT2D eigenvalue weighted by atomic mass is 10.2. The van der Waals surface area contributed by atoms with Gasteiger partial charge in [-0.1, -0.05) is 6.92 Å². The third-order valence-electron chi connectivity index (χ3n) is 1.07. The Morgan fingerprint density at radius 3 is 2.11 bits per heavy atom. The molecule has 4 heteroatoms. The van der Waals surface area contributed by atoms with Crippen molar-refractivity contribution >= 4 is 0 Å². The molecular weight excluding hydrogens is 130 g/mol. The van der Waals surface area contributed by atoms with Crippen LogP contribution < -0.4 is 0 Å².